The molecule has 2 heterocycles. The van der Waals surface area contributed by atoms with Crippen LogP contribution in [0.3, 0.4) is 0 Å². The first-order valence-electron chi connectivity index (χ1n) is 12.0. The molecule has 0 radical (unpaired) electrons. The van der Waals surface area contributed by atoms with Gasteiger partial charge in [-0.1, -0.05) is 42.4 Å². The Kier molecular flexibility index (Phi) is 7.67. The quantitative estimate of drug-likeness (QED) is 0.289. The minimum atomic E-state index is -4.54. The summed E-state index contributed by atoms with van der Waals surface area (Å²) in [5.74, 6) is -0.548. The Morgan fingerprint density at radius 1 is 1.16 bits per heavy atom. The zero-order chi connectivity index (χ0) is 27.4. The molecule has 0 aliphatic rings. The Labute approximate surface area is 216 Å². The summed E-state index contributed by atoms with van der Waals surface area (Å²) < 4.78 is 46.1. The van der Waals surface area contributed by atoms with E-state index in [1.165, 1.54) is 4.90 Å². The third-order valence-electron chi connectivity index (χ3n) is 6.41. The van der Waals surface area contributed by atoms with Crippen LogP contribution in [-0.4, -0.2) is 27.1 Å². The van der Waals surface area contributed by atoms with Crippen molar-refractivity contribution < 1.29 is 22.5 Å². The van der Waals surface area contributed by atoms with Gasteiger partial charge < -0.3 is 14.0 Å². The fourth-order valence-corrected chi connectivity index (χ4v) is 4.54. The molecule has 0 spiro atoms. The largest absolute Gasteiger partial charge is 0.416 e. The third-order valence-corrected chi connectivity index (χ3v) is 6.41. The highest BCUT2D eigenvalue weighted by atomic mass is 19.4. The fourth-order valence-electron chi connectivity index (χ4n) is 4.54. The van der Waals surface area contributed by atoms with Crippen molar-refractivity contribution >= 4 is 16.9 Å². The Morgan fingerprint density at radius 2 is 1.84 bits per heavy atom. The van der Waals surface area contributed by atoms with Crippen molar-refractivity contribution in [3.8, 4) is 6.07 Å². The first-order valence-corrected chi connectivity index (χ1v) is 12.0. The first kappa shape index (κ1) is 26.7. The second-order valence-electron chi connectivity index (χ2n) is 8.86. The summed E-state index contributed by atoms with van der Waals surface area (Å²) in [6.45, 7) is 3.73. The van der Waals surface area contributed by atoms with Crippen LogP contribution >= 0.6 is 0 Å². The van der Waals surface area contributed by atoms with Crippen LogP contribution in [0.1, 0.15) is 58.7 Å². The van der Waals surface area contributed by atoms with E-state index in [0.29, 0.717) is 23.2 Å². The van der Waals surface area contributed by atoms with E-state index in [1.807, 2.05) is 43.3 Å². The van der Waals surface area contributed by atoms with Crippen LogP contribution in [0.5, 0.6) is 0 Å². The molecule has 10 heteroatoms. The lowest BCUT2D eigenvalue weighted by Crippen LogP contribution is -2.38. The minimum absolute atomic E-state index is 0.00451. The van der Waals surface area contributed by atoms with Crippen LogP contribution in [0.15, 0.2) is 70.0 Å². The van der Waals surface area contributed by atoms with Crippen molar-refractivity contribution in [3.05, 3.63) is 99.1 Å². The highest BCUT2D eigenvalue weighted by molar-refractivity contribution is 5.94. The number of halogens is 3. The van der Waals surface area contributed by atoms with E-state index in [-0.39, 0.29) is 36.2 Å². The number of aromatic nitrogens is 2. The normalized spacial score (nSPS) is 12.3. The van der Waals surface area contributed by atoms with E-state index < -0.39 is 23.7 Å². The number of nitrogens with zero attached hydrogens (tertiary/aromatic N) is 4. The van der Waals surface area contributed by atoms with Crippen molar-refractivity contribution in [3.63, 3.8) is 0 Å². The molecule has 4 rings (SSSR count). The maximum atomic E-state index is 13.7. The van der Waals surface area contributed by atoms with Gasteiger partial charge in [-0.3, -0.25) is 9.59 Å². The summed E-state index contributed by atoms with van der Waals surface area (Å²) in [7, 11) is 0. The molecule has 4 aromatic rings. The van der Waals surface area contributed by atoms with Crippen LogP contribution in [0, 0.1) is 18.3 Å². The average Bonchev–Trinajstić information content (AvgIpc) is 3.28. The summed E-state index contributed by atoms with van der Waals surface area (Å²) in [5, 5.41) is 13.5. The second kappa shape index (κ2) is 10.9. The molecule has 0 bridgehead atoms. The Balaban J connectivity index is 1.84. The summed E-state index contributed by atoms with van der Waals surface area (Å²) in [4.78, 5) is 28.7. The highest BCUT2D eigenvalue weighted by Crippen LogP contribution is 2.31. The van der Waals surface area contributed by atoms with Crippen LogP contribution in [0.25, 0.3) is 11.0 Å². The number of hydrogen-bond donors (Lipinski definition) is 0. The number of benzene rings is 2. The number of alkyl halides is 3. The van der Waals surface area contributed by atoms with Crippen LogP contribution in [-0.2, 0) is 12.7 Å². The Hall–Kier alpha value is -4.39. The zero-order valence-corrected chi connectivity index (χ0v) is 20.8. The predicted octanol–water partition coefficient (Wildman–Crippen LogP) is 5.87. The monoisotopic (exact) mass is 522 g/mol. The van der Waals surface area contributed by atoms with Crippen molar-refractivity contribution in [1.29, 1.82) is 5.26 Å². The van der Waals surface area contributed by atoms with Gasteiger partial charge in [0.05, 0.1) is 36.3 Å². The van der Waals surface area contributed by atoms with E-state index in [0.717, 1.165) is 29.8 Å². The van der Waals surface area contributed by atoms with E-state index >= 15 is 0 Å². The molecule has 2 aromatic heterocycles. The lowest BCUT2D eigenvalue weighted by atomic mass is 10.0. The van der Waals surface area contributed by atoms with Gasteiger partial charge >= 0.3 is 6.18 Å². The molecule has 0 saturated carbocycles. The Morgan fingerprint density at radius 3 is 2.45 bits per heavy atom. The highest BCUT2D eigenvalue weighted by Gasteiger charge is 2.32. The smallest absolute Gasteiger partial charge is 0.356 e. The lowest BCUT2D eigenvalue weighted by Gasteiger charge is -2.32. The molecule has 38 heavy (non-hydrogen) atoms. The lowest BCUT2D eigenvalue weighted by molar-refractivity contribution is -0.137. The van der Waals surface area contributed by atoms with Crippen molar-refractivity contribution in [2.45, 2.75) is 45.5 Å². The van der Waals surface area contributed by atoms with Gasteiger partial charge in [0.25, 0.3) is 11.5 Å². The fraction of sp³-hybridized carbons (Fsp3) is 0.286. The van der Waals surface area contributed by atoms with Crippen molar-refractivity contribution in [2.75, 3.05) is 6.54 Å². The van der Waals surface area contributed by atoms with Gasteiger partial charge in [0.1, 0.15) is 5.39 Å². The minimum Gasteiger partial charge on any atom is -0.356 e. The first-order chi connectivity index (χ1) is 18.2. The molecule has 0 N–H and O–H groups in total. The molecule has 2 aromatic carbocycles. The number of carbonyl (C=O) groups excluding carboxylic acids is 1. The molecule has 1 amide bonds. The summed E-state index contributed by atoms with van der Waals surface area (Å²) >= 11 is 0. The second-order valence-corrected chi connectivity index (χ2v) is 8.86. The van der Waals surface area contributed by atoms with Crippen molar-refractivity contribution in [2.24, 2.45) is 0 Å². The number of nitriles is 1. The van der Waals surface area contributed by atoms with E-state index in [9.17, 15) is 28.0 Å². The van der Waals surface area contributed by atoms with Gasteiger partial charge in [-0.15, -0.1) is 0 Å². The molecule has 1 atom stereocenters. The van der Waals surface area contributed by atoms with Gasteiger partial charge in [0.2, 0.25) is 0 Å². The van der Waals surface area contributed by atoms with Crippen molar-refractivity contribution in [1.82, 2.24) is 14.6 Å². The number of hydrogen-bond acceptors (Lipinski definition) is 5. The average molecular weight is 523 g/mol. The van der Waals surface area contributed by atoms with Gasteiger partial charge in [-0.2, -0.15) is 18.4 Å². The van der Waals surface area contributed by atoms with E-state index in [1.54, 1.807) is 17.6 Å². The molecule has 0 saturated heterocycles. The van der Waals surface area contributed by atoms with Crippen LogP contribution in [0.2, 0.25) is 0 Å². The van der Waals surface area contributed by atoms with E-state index in [2.05, 4.69) is 5.16 Å². The molecule has 0 fully saturated rings. The van der Waals surface area contributed by atoms with Gasteiger partial charge in [0, 0.05) is 23.9 Å². The molecule has 0 aliphatic carbocycles. The summed E-state index contributed by atoms with van der Waals surface area (Å²) in [6.07, 6.45) is -4.17. The topological polar surface area (TPSA) is 92.1 Å². The molecule has 1 unspecified atom stereocenters. The number of rotatable bonds is 8. The molecule has 0 aliphatic heterocycles. The number of amides is 1. The number of pyridine rings is 1. The Bertz CT molecular complexity index is 1530. The van der Waals surface area contributed by atoms with E-state index in [4.69, 9.17) is 4.52 Å². The molecular weight excluding hydrogens is 497 g/mol. The number of carbonyl (C=O) groups is 1. The van der Waals surface area contributed by atoms with Crippen LogP contribution < -0.4 is 5.56 Å². The maximum absolute atomic E-state index is 13.7. The number of aryl methyl sites for hydroxylation is 1. The molecule has 196 valence electrons. The summed E-state index contributed by atoms with van der Waals surface area (Å²) in [5.41, 5.74) is 0.886. The van der Waals surface area contributed by atoms with Gasteiger partial charge in [-0.05, 0) is 43.2 Å². The third kappa shape index (κ3) is 5.32. The predicted molar refractivity (Wildman–Crippen MR) is 134 cm³/mol. The number of fused-ring (bicyclic) bond motifs is 1. The SMILES string of the molecule is CCC(c1cc2onc(C)c2c(=O)n1Cc1ccccc1)N(CCC#N)C(=O)c1ccc(C(F)(F)F)cc1. The zero-order valence-electron chi connectivity index (χ0n) is 20.8. The van der Waals surface area contributed by atoms with Crippen LogP contribution in [0.4, 0.5) is 13.2 Å². The van der Waals surface area contributed by atoms with Gasteiger partial charge in [0.15, 0.2) is 5.58 Å². The molecular formula is C28H25F3N4O3. The molecule has 7 nitrogen and oxygen atoms in total. The maximum Gasteiger partial charge on any atom is 0.416 e. The summed E-state index contributed by atoms with van der Waals surface area (Å²) in [6, 6.07) is 16.3. The standard InChI is InChI=1S/C28H25F3N4O3/c1-3-22(34(15-7-14-32)26(36)20-10-12-21(13-11-20)28(29,30)31)23-16-24-25(18(2)33-38-24)27(37)35(23)17-19-8-5-4-6-9-19/h4-6,8-13,16,22H,3,7,15,17H2,1-2H3. The van der Waals surface area contributed by atoms with Gasteiger partial charge in [-0.25, -0.2) is 0 Å².